The van der Waals surface area contributed by atoms with E-state index in [0.29, 0.717) is 30.4 Å². The topological polar surface area (TPSA) is 125 Å². The molecule has 44 heavy (non-hydrogen) atoms. The number of nitrogens with one attached hydrogen (secondary N) is 1. The van der Waals surface area contributed by atoms with Crippen LogP contribution in [0.4, 0.5) is 0 Å². The van der Waals surface area contributed by atoms with Crippen LogP contribution in [0, 0.1) is 11.8 Å². The molecule has 0 aromatic heterocycles. The van der Waals surface area contributed by atoms with E-state index in [1.807, 2.05) is 49.4 Å². The van der Waals surface area contributed by atoms with E-state index < -0.39 is 53.5 Å². The van der Waals surface area contributed by atoms with E-state index in [1.165, 1.54) is 4.90 Å². The molecule has 2 fully saturated rings. The standard InChI is InChI=1S/C33H42BrN3O7/c1-3-5-11-16-36-17-12-7-10-15-25(39)43-20-24(21-13-8-6-9-14-21)35-30(40)26-27-31(41)37(22(4-2)19-38)29(32(36)42)33(27)18-23(34)28(26)44-33/h6-9,12-14,18,22,24,26-29,38H,3-5,10-11,15-17,19-20H2,1-2H3,(H,35,40)/b12-7-/t22-,24-,26-,27+,28-,29-,33+/m0/s1. The minimum atomic E-state index is -1.38. The van der Waals surface area contributed by atoms with Crippen molar-refractivity contribution in [3.63, 3.8) is 0 Å². The number of ether oxygens (including phenoxy) is 2. The summed E-state index contributed by atoms with van der Waals surface area (Å²) in [6.07, 6.45) is 8.48. The SMILES string of the molecule is CCCCCN1C/C=C\CCC(=O)OC[C@@H](c2ccccc2)NC(=O)[C@@H]2[C@H]3O[C@@]4(C=C3Br)[C@H](C1=O)N([C@@H](CC)CO)C(=O)[C@@H]24. The number of unbranched alkanes of at least 4 members (excludes halogenated alkanes) is 2. The van der Waals surface area contributed by atoms with Gasteiger partial charge in [0.25, 0.3) is 0 Å². The first kappa shape index (κ1) is 32.4. The lowest BCUT2D eigenvalue weighted by Gasteiger charge is -2.38. The van der Waals surface area contributed by atoms with Crippen molar-refractivity contribution < 1.29 is 33.8 Å². The zero-order valence-corrected chi connectivity index (χ0v) is 26.9. The lowest BCUT2D eigenvalue weighted by molar-refractivity contribution is -0.150. The minimum absolute atomic E-state index is 0.0713. The molecule has 7 atom stereocenters. The van der Waals surface area contributed by atoms with Crippen molar-refractivity contribution in [3.8, 4) is 0 Å². The van der Waals surface area contributed by atoms with Crippen LogP contribution >= 0.6 is 15.9 Å². The number of halogens is 1. The summed E-state index contributed by atoms with van der Waals surface area (Å²) >= 11 is 3.59. The molecule has 1 spiro atoms. The lowest BCUT2D eigenvalue weighted by atomic mass is 9.74. The average molecular weight is 673 g/mol. The summed E-state index contributed by atoms with van der Waals surface area (Å²) in [4.78, 5) is 59.0. The van der Waals surface area contributed by atoms with E-state index >= 15 is 0 Å². The number of likely N-dealkylation sites (tertiary alicyclic amines) is 1. The Bertz CT molecular complexity index is 1300. The van der Waals surface area contributed by atoms with Gasteiger partial charge >= 0.3 is 5.97 Å². The molecule has 2 saturated heterocycles. The van der Waals surface area contributed by atoms with Crippen molar-refractivity contribution in [2.75, 3.05) is 26.3 Å². The first-order valence-corrected chi connectivity index (χ1v) is 16.5. The molecule has 4 heterocycles. The van der Waals surface area contributed by atoms with E-state index in [0.717, 1.165) is 24.8 Å². The van der Waals surface area contributed by atoms with Gasteiger partial charge in [-0.05, 0) is 30.9 Å². The van der Waals surface area contributed by atoms with E-state index in [2.05, 4.69) is 28.2 Å². The van der Waals surface area contributed by atoms with Gasteiger partial charge in [-0.1, -0.05) is 85.1 Å². The Hall–Kier alpha value is -3.02. The predicted molar refractivity (Wildman–Crippen MR) is 166 cm³/mol. The Morgan fingerprint density at radius 3 is 2.57 bits per heavy atom. The molecule has 4 aliphatic rings. The maximum atomic E-state index is 14.6. The lowest BCUT2D eigenvalue weighted by Crippen LogP contribution is -2.58. The molecule has 4 aliphatic heterocycles. The Morgan fingerprint density at radius 2 is 1.86 bits per heavy atom. The number of carbonyl (C=O) groups is 4. The third kappa shape index (κ3) is 5.98. The molecule has 0 unspecified atom stereocenters. The van der Waals surface area contributed by atoms with Crippen LogP contribution < -0.4 is 5.32 Å². The number of aliphatic hydroxyl groups is 1. The highest BCUT2D eigenvalue weighted by molar-refractivity contribution is 9.11. The Balaban J connectivity index is 1.59. The zero-order chi connectivity index (χ0) is 31.4. The molecule has 2 N–H and O–H groups in total. The van der Waals surface area contributed by atoms with Crippen molar-refractivity contribution in [1.82, 2.24) is 15.1 Å². The molecule has 0 radical (unpaired) electrons. The number of cyclic esters (lactones) is 1. The Morgan fingerprint density at radius 1 is 1.09 bits per heavy atom. The molecule has 1 aromatic carbocycles. The molecule has 3 amide bonds. The third-order valence-electron chi connectivity index (χ3n) is 9.26. The number of aliphatic hydroxyl groups excluding tert-OH is 1. The van der Waals surface area contributed by atoms with Crippen LogP contribution in [0.25, 0.3) is 0 Å². The second kappa shape index (κ2) is 14.0. The maximum absolute atomic E-state index is 14.6. The molecule has 0 saturated carbocycles. The van der Waals surface area contributed by atoms with Crippen LogP contribution in [-0.4, -0.2) is 88.7 Å². The van der Waals surface area contributed by atoms with E-state index in [-0.39, 0.29) is 31.4 Å². The van der Waals surface area contributed by atoms with Crippen molar-refractivity contribution in [2.24, 2.45) is 11.8 Å². The van der Waals surface area contributed by atoms with Crippen molar-refractivity contribution >= 4 is 39.6 Å². The number of amides is 3. The van der Waals surface area contributed by atoms with E-state index in [1.54, 1.807) is 11.0 Å². The molecular weight excluding hydrogens is 630 g/mol. The van der Waals surface area contributed by atoms with Gasteiger partial charge in [-0.15, -0.1) is 0 Å². The first-order valence-electron chi connectivity index (χ1n) is 15.7. The quantitative estimate of drug-likeness (QED) is 0.247. The van der Waals surface area contributed by atoms with E-state index in [9.17, 15) is 24.3 Å². The van der Waals surface area contributed by atoms with Crippen molar-refractivity contribution in [2.45, 2.75) is 82.2 Å². The Kier molecular flexibility index (Phi) is 10.3. The summed E-state index contributed by atoms with van der Waals surface area (Å²) in [7, 11) is 0. The Labute approximate surface area is 266 Å². The number of fused-ring (bicyclic) bond motifs is 2. The molecule has 5 bridgehead atoms. The largest absolute Gasteiger partial charge is 0.463 e. The predicted octanol–water partition coefficient (Wildman–Crippen LogP) is 3.40. The summed E-state index contributed by atoms with van der Waals surface area (Å²) in [5, 5.41) is 13.4. The van der Waals surface area contributed by atoms with Crippen LogP contribution in [0.2, 0.25) is 0 Å². The number of allylic oxidation sites excluding steroid dienone is 1. The second-order valence-electron chi connectivity index (χ2n) is 12.0. The molecule has 5 rings (SSSR count). The number of rotatable bonds is 8. The summed E-state index contributed by atoms with van der Waals surface area (Å²) in [5.41, 5.74) is -0.626. The smallest absolute Gasteiger partial charge is 0.306 e. The van der Waals surface area contributed by atoms with Gasteiger partial charge in [0.05, 0.1) is 30.5 Å². The fourth-order valence-electron chi connectivity index (χ4n) is 7.00. The summed E-state index contributed by atoms with van der Waals surface area (Å²) in [6.45, 7) is 4.33. The second-order valence-corrected chi connectivity index (χ2v) is 12.9. The maximum Gasteiger partial charge on any atom is 0.306 e. The normalized spacial score (nSPS) is 32.3. The van der Waals surface area contributed by atoms with E-state index in [4.69, 9.17) is 9.47 Å². The molecule has 238 valence electrons. The number of nitrogens with zero attached hydrogens (tertiary/aromatic N) is 2. The van der Waals surface area contributed by atoms with Gasteiger partial charge in [-0.2, -0.15) is 0 Å². The van der Waals surface area contributed by atoms with Crippen LogP contribution in [0.5, 0.6) is 0 Å². The van der Waals surface area contributed by atoms with Crippen LogP contribution in [-0.2, 0) is 28.7 Å². The highest BCUT2D eigenvalue weighted by Gasteiger charge is 2.75. The number of carbonyl (C=O) groups excluding carboxylic acids is 4. The van der Waals surface area contributed by atoms with Crippen molar-refractivity contribution in [1.29, 1.82) is 0 Å². The van der Waals surface area contributed by atoms with Crippen molar-refractivity contribution in [3.05, 3.63) is 58.6 Å². The van der Waals surface area contributed by atoms with Crippen LogP contribution in [0.15, 0.2) is 53.0 Å². The molecular formula is C33H42BrN3O7. The van der Waals surface area contributed by atoms with Gasteiger partial charge in [-0.25, -0.2) is 0 Å². The fourth-order valence-corrected chi connectivity index (χ4v) is 7.74. The average Bonchev–Trinajstić information content (AvgIpc) is 3.62. The molecule has 11 heteroatoms. The molecule has 10 nitrogen and oxygen atoms in total. The zero-order valence-electron chi connectivity index (χ0n) is 25.3. The van der Waals surface area contributed by atoms with Crippen LogP contribution in [0.3, 0.4) is 0 Å². The fraction of sp³-hybridized carbons (Fsp3) is 0.576. The monoisotopic (exact) mass is 671 g/mol. The highest BCUT2D eigenvalue weighted by Crippen LogP contribution is 2.59. The summed E-state index contributed by atoms with van der Waals surface area (Å²) < 4.78 is 12.8. The molecule has 1 aromatic rings. The number of benzene rings is 1. The molecule has 0 aliphatic carbocycles. The van der Waals surface area contributed by atoms with Crippen LogP contribution in [0.1, 0.15) is 64.0 Å². The minimum Gasteiger partial charge on any atom is -0.463 e. The van der Waals surface area contributed by atoms with Gasteiger partial charge in [0.1, 0.15) is 24.4 Å². The van der Waals surface area contributed by atoms with Gasteiger partial charge < -0.3 is 29.7 Å². The highest BCUT2D eigenvalue weighted by atomic mass is 79.9. The summed E-state index contributed by atoms with van der Waals surface area (Å²) in [6, 6.07) is 6.90. The van der Waals surface area contributed by atoms with Gasteiger partial charge in [-0.3, -0.25) is 19.2 Å². The first-order chi connectivity index (χ1) is 21.3. The summed E-state index contributed by atoms with van der Waals surface area (Å²) in [5.74, 6) is -3.39. The third-order valence-corrected chi connectivity index (χ3v) is 9.94. The van der Waals surface area contributed by atoms with Gasteiger partial charge in [0.2, 0.25) is 17.7 Å². The number of hydrogen-bond donors (Lipinski definition) is 2. The van der Waals surface area contributed by atoms with Gasteiger partial charge in [0, 0.05) is 24.0 Å². The number of esters is 1. The number of hydrogen-bond acceptors (Lipinski definition) is 7. The van der Waals surface area contributed by atoms with Gasteiger partial charge in [0.15, 0.2) is 0 Å².